The van der Waals surface area contributed by atoms with Crippen LogP contribution in [0.2, 0.25) is 0 Å². The molecule has 1 heterocycles. The Morgan fingerprint density at radius 3 is 2.22 bits per heavy atom. The Bertz CT molecular complexity index is 871. The van der Waals surface area contributed by atoms with E-state index in [4.69, 9.17) is 4.74 Å². The van der Waals surface area contributed by atoms with Gasteiger partial charge in [0.25, 0.3) is 5.91 Å². The first kappa shape index (κ1) is 19.4. The van der Waals surface area contributed by atoms with E-state index in [-0.39, 0.29) is 5.91 Å². The van der Waals surface area contributed by atoms with E-state index in [9.17, 15) is 13.2 Å². The summed E-state index contributed by atoms with van der Waals surface area (Å²) in [6.45, 7) is 1.50. The van der Waals surface area contributed by atoms with Gasteiger partial charge in [0.15, 0.2) is 0 Å². The van der Waals surface area contributed by atoms with Crippen LogP contribution in [0.3, 0.4) is 0 Å². The van der Waals surface area contributed by atoms with Crippen LogP contribution in [-0.4, -0.2) is 38.8 Å². The van der Waals surface area contributed by atoms with E-state index in [2.05, 4.69) is 5.32 Å². The molecule has 0 radical (unpaired) electrons. The van der Waals surface area contributed by atoms with E-state index in [1.165, 1.54) is 0 Å². The molecule has 1 saturated heterocycles. The summed E-state index contributed by atoms with van der Waals surface area (Å²) >= 11 is 0. The van der Waals surface area contributed by atoms with Gasteiger partial charge in [0.2, 0.25) is 10.0 Å². The van der Waals surface area contributed by atoms with Gasteiger partial charge < -0.3 is 10.1 Å². The lowest BCUT2D eigenvalue weighted by molar-refractivity contribution is 0.0951. The molecule has 3 rings (SSSR count). The lowest BCUT2D eigenvalue weighted by Crippen LogP contribution is -2.35. The van der Waals surface area contributed by atoms with Gasteiger partial charge in [-0.05, 0) is 54.8 Å². The predicted molar refractivity (Wildman–Crippen MR) is 103 cm³/mol. The molecule has 0 spiro atoms. The highest BCUT2D eigenvalue weighted by molar-refractivity contribution is 7.89. The molecule has 0 atom stereocenters. The molecule has 0 aliphatic carbocycles. The average Bonchev–Trinajstić information content (AvgIpc) is 2.73. The Balaban J connectivity index is 1.61. The number of hydrogen-bond acceptors (Lipinski definition) is 4. The number of ether oxygens (including phenoxy) is 1. The van der Waals surface area contributed by atoms with Crippen LogP contribution < -0.4 is 10.1 Å². The Hall–Kier alpha value is -2.38. The number of carbonyl (C=O) groups is 1. The maximum Gasteiger partial charge on any atom is 0.251 e. The van der Waals surface area contributed by atoms with Crippen molar-refractivity contribution in [1.29, 1.82) is 0 Å². The topological polar surface area (TPSA) is 75.7 Å². The first-order valence-corrected chi connectivity index (χ1v) is 10.5. The summed E-state index contributed by atoms with van der Waals surface area (Å²) in [4.78, 5) is 12.5. The minimum Gasteiger partial charge on any atom is -0.497 e. The van der Waals surface area contributed by atoms with E-state index < -0.39 is 10.0 Å². The second-order valence-corrected chi connectivity index (χ2v) is 8.46. The standard InChI is InChI=1S/C20H24N2O4S/c1-26-18-9-7-17(8-10-18)20(23)21-15-16-5-11-19(12-6-16)27(24,25)22-13-3-2-4-14-22/h5-12H,2-4,13-15H2,1H3,(H,21,23). The molecule has 1 aliphatic rings. The number of rotatable bonds is 6. The highest BCUT2D eigenvalue weighted by Gasteiger charge is 2.25. The van der Waals surface area contributed by atoms with Crippen molar-refractivity contribution in [3.05, 3.63) is 59.7 Å². The number of carbonyl (C=O) groups excluding carboxylic acids is 1. The van der Waals surface area contributed by atoms with Crippen LogP contribution in [0.1, 0.15) is 35.2 Å². The Morgan fingerprint density at radius 1 is 1.00 bits per heavy atom. The molecule has 7 heteroatoms. The largest absolute Gasteiger partial charge is 0.497 e. The maximum absolute atomic E-state index is 12.6. The SMILES string of the molecule is COc1ccc(C(=O)NCc2ccc(S(=O)(=O)N3CCCCC3)cc2)cc1. The van der Waals surface area contributed by atoms with Gasteiger partial charge >= 0.3 is 0 Å². The molecular weight excluding hydrogens is 364 g/mol. The third kappa shape index (κ3) is 4.67. The van der Waals surface area contributed by atoms with Crippen LogP contribution in [0, 0.1) is 0 Å². The van der Waals surface area contributed by atoms with Gasteiger partial charge in [-0.3, -0.25) is 4.79 Å². The van der Waals surface area contributed by atoms with Gasteiger partial charge in [0, 0.05) is 25.2 Å². The van der Waals surface area contributed by atoms with Gasteiger partial charge in [-0.15, -0.1) is 0 Å². The van der Waals surface area contributed by atoms with Crippen molar-refractivity contribution in [2.24, 2.45) is 0 Å². The second-order valence-electron chi connectivity index (χ2n) is 6.52. The molecule has 2 aromatic rings. The molecule has 1 N–H and O–H groups in total. The van der Waals surface area contributed by atoms with Gasteiger partial charge in [-0.2, -0.15) is 4.31 Å². The van der Waals surface area contributed by atoms with E-state index in [0.717, 1.165) is 24.8 Å². The van der Waals surface area contributed by atoms with Gasteiger partial charge in [0.1, 0.15) is 5.75 Å². The fraction of sp³-hybridized carbons (Fsp3) is 0.350. The van der Waals surface area contributed by atoms with Crippen molar-refractivity contribution in [1.82, 2.24) is 9.62 Å². The molecule has 6 nitrogen and oxygen atoms in total. The normalized spacial score (nSPS) is 15.3. The van der Waals surface area contributed by atoms with Crippen LogP contribution in [0.5, 0.6) is 5.75 Å². The molecule has 1 fully saturated rings. The van der Waals surface area contributed by atoms with Gasteiger partial charge in [0.05, 0.1) is 12.0 Å². The van der Waals surface area contributed by atoms with Crippen molar-refractivity contribution in [3.8, 4) is 5.75 Å². The summed E-state index contributed by atoms with van der Waals surface area (Å²) in [6, 6.07) is 13.6. The zero-order valence-electron chi connectivity index (χ0n) is 15.3. The molecule has 0 bridgehead atoms. The minimum atomic E-state index is -3.43. The van der Waals surface area contributed by atoms with Crippen molar-refractivity contribution < 1.29 is 17.9 Å². The highest BCUT2D eigenvalue weighted by Crippen LogP contribution is 2.21. The van der Waals surface area contributed by atoms with E-state index in [0.29, 0.717) is 35.8 Å². The number of nitrogens with zero attached hydrogens (tertiary/aromatic N) is 1. The van der Waals surface area contributed by atoms with Gasteiger partial charge in [-0.25, -0.2) is 8.42 Å². The van der Waals surface area contributed by atoms with Gasteiger partial charge in [-0.1, -0.05) is 18.6 Å². The van der Waals surface area contributed by atoms with E-state index in [1.807, 2.05) is 0 Å². The monoisotopic (exact) mass is 388 g/mol. The van der Waals surface area contributed by atoms with Crippen molar-refractivity contribution in [2.45, 2.75) is 30.7 Å². The molecule has 144 valence electrons. The number of benzene rings is 2. The summed E-state index contributed by atoms with van der Waals surface area (Å²) in [6.07, 6.45) is 2.91. The first-order chi connectivity index (χ1) is 13.0. The fourth-order valence-corrected chi connectivity index (χ4v) is 4.58. The summed E-state index contributed by atoms with van der Waals surface area (Å²) in [5, 5.41) is 2.83. The number of piperidine rings is 1. The molecule has 0 aromatic heterocycles. The third-order valence-corrected chi connectivity index (χ3v) is 6.59. The summed E-state index contributed by atoms with van der Waals surface area (Å²) in [5.41, 5.74) is 1.38. The van der Waals surface area contributed by atoms with E-state index >= 15 is 0 Å². The molecule has 27 heavy (non-hydrogen) atoms. The average molecular weight is 388 g/mol. The fourth-order valence-electron chi connectivity index (χ4n) is 3.06. The second kappa shape index (κ2) is 8.54. The number of nitrogens with one attached hydrogen (secondary N) is 1. The Labute approximate surface area is 160 Å². The third-order valence-electron chi connectivity index (χ3n) is 4.68. The van der Waals surface area contributed by atoms with Crippen molar-refractivity contribution in [2.75, 3.05) is 20.2 Å². The molecule has 2 aromatic carbocycles. The van der Waals surface area contributed by atoms with Crippen LogP contribution in [0.4, 0.5) is 0 Å². The molecule has 0 unspecified atom stereocenters. The lowest BCUT2D eigenvalue weighted by Gasteiger charge is -2.25. The predicted octanol–water partition coefficient (Wildman–Crippen LogP) is 2.80. The zero-order chi connectivity index (χ0) is 19.3. The lowest BCUT2D eigenvalue weighted by atomic mass is 10.2. The summed E-state index contributed by atoms with van der Waals surface area (Å²) in [5.74, 6) is 0.500. The molecule has 1 aliphatic heterocycles. The zero-order valence-corrected chi connectivity index (χ0v) is 16.2. The highest BCUT2D eigenvalue weighted by atomic mass is 32.2. The number of hydrogen-bond donors (Lipinski definition) is 1. The van der Waals surface area contributed by atoms with Crippen LogP contribution >= 0.6 is 0 Å². The quantitative estimate of drug-likeness (QED) is 0.826. The minimum absolute atomic E-state index is 0.192. The van der Waals surface area contributed by atoms with Crippen molar-refractivity contribution in [3.63, 3.8) is 0 Å². The van der Waals surface area contributed by atoms with Crippen LogP contribution in [0.15, 0.2) is 53.4 Å². The number of sulfonamides is 1. The molecule has 0 saturated carbocycles. The Kier molecular flexibility index (Phi) is 6.13. The summed E-state index contributed by atoms with van der Waals surface area (Å²) in [7, 11) is -1.85. The Morgan fingerprint density at radius 2 is 1.63 bits per heavy atom. The maximum atomic E-state index is 12.6. The first-order valence-electron chi connectivity index (χ1n) is 9.02. The van der Waals surface area contributed by atoms with Crippen LogP contribution in [0.25, 0.3) is 0 Å². The number of amides is 1. The summed E-state index contributed by atoms with van der Waals surface area (Å²) < 4.78 is 31.9. The smallest absolute Gasteiger partial charge is 0.251 e. The molecular formula is C20H24N2O4S. The van der Waals surface area contributed by atoms with Crippen LogP contribution in [-0.2, 0) is 16.6 Å². The number of methoxy groups -OCH3 is 1. The van der Waals surface area contributed by atoms with Crippen molar-refractivity contribution >= 4 is 15.9 Å². The molecule has 1 amide bonds. The van der Waals surface area contributed by atoms with E-state index in [1.54, 1.807) is 59.9 Å².